The van der Waals surface area contributed by atoms with E-state index in [1.54, 1.807) is 0 Å². The van der Waals surface area contributed by atoms with Gasteiger partial charge >= 0.3 is 17.9 Å². The first-order valence-electron chi connectivity index (χ1n) is 32.5. The molecule has 0 aliphatic rings. The van der Waals surface area contributed by atoms with Crippen molar-refractivity contribution in [3.8, 4) is 0 Å². The summed E-state index contributed by atoms with van der Waals surface area (Å²) in [6.07, 6.45) is 90.5. The molecule has 1 atom stereocenters. The highest BCUT2D eigenvalue weighted by atomic mass is 16.6. The Kier molecular flexibility index (Phi) is 61.8. The monoisotopic (exact) mass is 1080 g/mol. The number of rotatable bonds is 58. The van der Waals surface area contributed by atoms with Crippen molar-refractivity contribution in [2.45, 2.75) is 303 Å². The summed E-state index contributed by atoms with van der Waals surface area (Å²) in [5, 5.41) is 0. The van der Waals surface area contributed by atoms with Crippen LogP contribution in [-0.4, -0.2) is 37.2 Å². The highest BCUT2D eigenvalue weighted by Crippen LogP contribution is 2.16. The van der Waals surface area contributed by atoms with Crippen LogP contribution >= 0.6 is 0 Å². The highest BCUT2D eigenvalue weighted by molar-refractivity contribution is 5.71. The van der Waals surface area contributed by atoms with Crippen LogP contribution in [0.2, 0.25) is 0 Å². The molecule has 6 heteroatoms. The Bertz CT molecular complexity index is 1620. The van der Waals surface area contributed by atoms with Crippen LogP contribution in [0.1, 0.15) is 297 Å². The predicted octanol–water partition coefficient (Wildman–Crippen LogP) is 22.4. The minimum atomic E-state index is -0.793. The first-order chi connectivity index (χ1) is 38.5. The SMILES string of the molecule is CC/C=C\C/C=C\C/C=C\C/C=C\C/C=C\CCCCCCCCCCCC(=O)OCC(COC(=O)CCCCCCC/C=C\CCCCCCC)OC(=O)CCCCCCCCCC/C=C\C/C=C\C/C=C\C/C=C\CC. The van der Waals surface area contributed by atoms with Gasteiger partial charge in [0, 0.05) is 19.3 Å². The Hall–Kier alpha value is -4.19. The summed E-state index contributed by atoms with van der Waals surface area (Å²) in [6.45, 7) is 6.40. The van der Waals surface area contributed by atoms with Crippen molar-refractivity contribution in [2.24, 2.45) is 0 Å². The van der Waals surface area contributed by atoms with E-state index < -0.39 is 6.10 Å². The number of unbranched alkanes of at least 4 members (excludes halogenated alkanes) is 27. The topological polar surface area (TPSA) is 78.9 Å². The first-order valence-corrected chi connectivity index (χ1v) is 32.5. The lowest BCUT2D eigenvalue weighted by molar-refractivity contribution is -0.167. The molecule has 0 aromatic carbocycles. The minimum absolute atomic E-state index is 0.0888. The lowest BCUT2D eigenvalue weighted by atomic mass is 10.1. The van der Waals surface area contributed by atoms with Crippen molar-refractivity contribution in [1.29, 1.82) is 0 Å². The Labute approximate surface area is 482 Å². The largest absolute Gasteiger partial charge is 0.462 e. The van der Waals surface area contributed by atoms with Crippen molar-refractivity contribution < 1.29 is 28.6 Å². The standard InChI is InChI=1S/C72H120O6/c1-4-7-10-13-16-19-22-25-28-30-32-34-35-36-37-39-40-42-44-47-50-53-56-59-62-65-71(74)77-68-69(67-76-70(73)64-61-58-55-52-49-46-27-24-21-18-15-12-9-6-3)78-72(75)66-63-60-57-54-51-48-45-43-41-38-33-31-29-26-23-20-17-14-11-8-5-2/h7-8,10-11,16-17,19-20,24-29,32-34,36-38,69H,4-6,9,12-15,18,21-23,30-31,35,39-68H2,1-3H3/b10-7-,11-8-,19-16-,20-17-,27-24-,28-25-,29-26-,34-32-,37-36-,38-33-. The average molecular weight is 1080 g/mol. The second-order valence-corrected chi connectivity index (χ2v) is 21.3. The van der Waals surface area contributed by atoms with E-state index in [1.165, 1.54) is 122 Å². The number of esters is 3. The molecule has 0 amide bonds. The maximum Gasteiger partial charge on any atom is 0.306 e. The lowest BCUT2D eigenvalue weighted by Gasteiger charge is -2.18. The van der Waals surface area contributed by atoms with Crippen LogP contribution < -0.4 is 0 Å². The van der Waals surface area contributed by atoms with Crippen molar-refractivity contribution in [3.05, 3.63) is 122 Å². The zero-order chi connectivity index (χ0) is 56.4. The molecule has 6 nitrogen and oxygen atoms in total. The maximum absolute atomic E-state index is 12.9. The van der Waals surface area contributed by atoms with Gasteiger partial charge in [-0.05, 0) is 128 Å². The lowest BCUT2D eigenvalue weighted by Crippen LogP contribution is -2.30. The average Bonchev–Trinajstić information content (AvgIpc) is 3.44. The first kappa shape index (κ1) is 73.8. The Morgan fingerprint density at radius 2 is 0.500 bits per heavy atom. The van der Waals surface area contributed by atoms with Crippen LogP contribution in [0.25, 0.3) is 0 Å². The number of ether oxygens (including phenoxy) is 3. The molecule has 0 radical (unpaired) electrons. The summed E-state index contributed by atoms with van der Waals surface area (Å²) in [6, 6.07) is 0. The number of carbonyl (C=O) groups excluding carboxylic acids is 3. The van der Waals surface area contributed by atoms with Crippen LogP contribution in [0.5, 0.6) is 0 Å². The molecular weight excluding hydrogens is 961 g/mol. The summed E-state index contributed by atoms with van der Waals surface area (Å²) in [4.78, 5) is 38.4. The van der Waals surface area contributed by atoms with Gasteiger partial charge in [-0.2, -0.15) is 0 Å². The number of hydrogen-bond acceptors (Lipinski definition) is 6. The summed E-state index contributed by atoms with van der Waals surface area (Å²) in [7, 11) is 0. The molecule has 0 bridgehead atoms. The molecule has 0 aliphatic heterocycles. The second-order valence-electron chi connectivity index (χ2n) is 21.3. The third-order valence-electron chi connectivity index (χ3n) is 13.7. The van der Waals surface area contributed by atoms with Gasteiger partial charge in [-0.3, -0.25) is 14.4 Å². The number of carbonyl (C=O) groups is 3. The minimum Gasteiger partial charge on any atom is -0.462 e. The summed E-state index contributed by atoms with van der Waals surface area (Å²) in [5.41, 5.74) is 0. The summed E-state index contributed by atoms with van der Waals surface area (Å²) in [5.74, 6) is -0.905. The Morgan fingerprint density at radius 1 is 0.269 bits per heavy atom. The fraction of sp³-hybridized carbons (Fsp3) is 0.681. The Balaban J connectivity index is 4.38. The van der Waals surface area contributed by atoms with Gasteiger partial charge in [0.15, 0.2) is 6.10 Å². The molecule has 0 saturated carbocycles. The van der Waals surface area contributed by atoms with Gasteiger partial charge in [0.2, 0.25) is 0 Å². The molecular formula is C72H120O6. The smallest absolute Gasteiger partial charge is 0.306 e. The fourth-order valence-corrected chi connectivity index (χ4v) is 8.87. The van der Waals surface area contributed by atoms with Crippen LogP contribution in [0.15, 0.2) is 122 Å². The van der Waals surface area contributed by atoms with Gasteiger partial charge in [0.05, 0.1) is 0 Å². The van der Waals surface area contributed by atoms with Crippen molar-refractivity contribution in [3.63, 3.8) is 0 Å². The van der Waals surface area contributed by atoms with Crippen LogP contribution in [-0.2, 0) is 28.6 Å². The molecule has 0 fully saturated rings. The molecule has 0 heterocycles. The van der Waals surface area contributed by atoms with E-state index in [1.807, 2.05) is 0 Å². The molecule has 0 aromatic heterocycles. The predicted molar refractivity (Wildman–Crippen MR) is 339 cm³/mol. The van der Waals surface area contributed by atoms with Gasteiger partial charge < -0.3 is 14.2 Å². The van der Waals surface area contributed by atoms with Crippen LogP contribution in [0.3, 0.4) is 0 Å². The quantitative estimate of drug-likeness (QED) is 0.0261. The molecule has 1 unspecified atom stereocenters. The third kappa shape index (κ3) is 62.7. The van der Waals surface area contributed by atoms with Gasteiger partial charge in [-0.15, -0.1) is 0 Å². The van der Waals surface area contributed by atoms with Crippen molar-refractivity contribution >= 4 is 17.9 Å². The normalized spacial score (nSPS) is 12.9. The van der Waals surface area contributed by atoms with Crippen molar-refractivity contribution in [2.75, 3.05) is 13.2 Å². The molecule has 0 aliphatic carbocycles. The Morgan fingerprint density at radius 3 is 0.795 bits per heavy atom. The number of allylic oxidation sites excluding steroid dienone is 20. The molecule has 0 rings (SSSR count). The zero-order valence-electron chi connectivity index (χ0n) is 50.9. The second kappa shape index (κ2) is 65.3. The fourth-order valence-electron chi connectivity index (χ4n) is 8.87. The van der Waals surface area contributed by atoms with Gasteiger partial charge in [0.25, 0.3) is 0 Å². The third-order valence-corrected chi connectivity index (χ3v) is 13.7. The van der Waals surface area contributed by atoms with E-state index in [9.17, 15) is 14.4 Å². The summed E-state index contributed by atoms with van der Waals surface area (Å²) < 4.78 is 16.9. The van der Waals surface area contributed by atoms with Crippen molar-refractivity contribution in [1.82, 2.24) is 0 Å². The zero-order valence-corrected chi connectivity index (χ0v) is 50.9. The molecule has 0 aromatic rings. The van der Waals surface area contributed by atoms with Gasteiger partial charge in [-0.1, -0.05) is 271 Å². The summed E-state index contributed by atoms with van der Waals surface area (Å²) >= 11 is 0. The molecule has 444 valence electrons. The van der Waals surface area contributed by atoms with Gasteiger partial charge in [0.1, 0.15) is 13.2 Å². The molecule has 0 N–H and O–H groups in total. The maximum atomic E-state index is 12.9. The number of hydrogen-bond donors (Lipinski definition) is 0. The van der Waals surface area contributed by atoms with Crippen LogP contribution in [0.4, 0.5) is 0 Å². The van der Waals surface area contributed by atoms with E-state index >= 15 is 0 Å². The van der Waals surface area contributed by atoms with E-state index in [-0.39, 0.29) is 31.1 Å². The highest BCUT2D eigenvalue weighted by Gasteiger charge is 2.19. The molecule has 78 heavy (non-hydrogen) atoms. The van der Waals surface area contributed by atoms with E-state index in [0.29, 0.717) is 19.3 Å². The van der Waals surface area contributed by atoms with E-state index in [2.05, 4.69) is 142 Å². The van der Waals surface area contributed by atoms with E-state index in [4.69, 9.17) is 14.2 Å². The van der Waals surface area contributed by atoms with Crippen LogP contribution in [0, 0.1) is 0 Å². The molecule has 0 saturated heterocycles. The van der Waals surface area contributed by atoms with Gasteiger partial charge in [-0.25, -0.2) is 0 Å². The molecule has 0 spiro atoms. The van der Waals surface area contributed by atoms with E-state index in [0.717, 1.165) is 135 Å².